The minimum atomic E-state index is -0.245. The molecule has 3 aromatic rings. The number of thioether (sulfide) groups is 1. The quantitative estimate of drug-likeness (QED) is 0.514. The summed E-state index contributed by atoms with van der Waals surface area (Å²) in [6.07, 6.45) is 0.353. The first-order valence-electron chi connectivity index (χ1n) is 10.1. The van der Waals surface area contributed by atoms with E-state index in [4.69, 9.17) is 9.47 Å². The summed E-state index contributed by atoms with van der Waals surface area (Å²) < 4.78 is 13.1. The Labute approximate surface area is 188 Å². The molecule has 0 atom stereocenters. The van der Waals surface area contributed by atoms with Gasteiger partial charge >= 0.3 is 0 Å². The van der Waals surface area contributed by atoms with E-state index in [1.807, 2.05) is 31.2 Å². The second kappa shape index (κ2) is 10.0. The number of hydrogen-bond donors (Lipinski definition) is 1. The summed E-state index contributed by atoms with van der Waals surface area (Å²) >= 11 is 3.20. The van der Waals surface area contributed by atoms with E-state index in [1.54, 1.807) is 46.2 Å². The van der Waals surface area contributed by atoms with E-state index in [0.717, 1.165) is 14.6 Å². The summed E-state index contributed by atoms with van der Waals surface area (Å²) in [7, 11) is 0. The lowest BCUT2D eigenvalue weighted by molar-refractivity contribution is -0.134. The molecule has 1 aromatic heterocycles. The maximum Gasteiger partial charge on any atom is 0.243 e. The van der Waals surface area contributed by atoms with Gasteiger partial charge in [-0.2, -0.15) is 0 Å². The summed E-state index contributed by atoms with van der Waals surface area (Å²) in [6, 6.07) is 13.3. The van der Waals surface area contributed by atoms with Crippen molar-refractivity contribution in [2.45, 2.75) is 17.7 Å². The van der Waals surface area contributed by atoms with E-state index in [0.29, 0.717) is 49.1 Å². The Bertz CT molecular complexity index is 1050. The van der Waals surface area contributed by atoms with Crippen LogP contribution in [0.2, 0.25) is 0 Å². The molecule has 162 valence electrons. The number of likely N-dealkylation sites (N-methyl/N-ethyl adjacent to an activating group) is 1. The molecule has 0 saturated heterocycles. The van der Waals surface area contributed by atoms with Gasteiger partial charge in [0.1, 0.15) is 13.2 Å². The molecule has 0 spiro atoms. The summed E-state index contributed by atoms with van der Waals surface area (Å²) in [5, 5.41) is 2.83. The molecule has 0 fully saturated rings. The first-order valence-corrected chi connectivity index (χ1v) is 11.9. The topological polar surface area (TPSA) is 80.8 Å². The van der Waals surface area contributed by atoms with Gasteiger partial charge in [0, 0.05) is 30.5 Å². The third kappa shape index (κ3) is 5.48. The predicted molar refractivity (Wildman–Crippen MR) is 123 cm³/mol. The van der Waals surface area contributed by atoms with Gasteiger partial charge in [0.15, 0.2) is 15.8 Å². The van der Waals surface area contributed by atoms with E-state index >= 15 is 0 Å². The van der Waals surface area contributed by atoms with Gasteiger partial charge in [0.2, 0.25) is 11.8 Å². The van der Waals surface area contributed by atoms with Gasteiger partial charge in [0.25, 0.3) is 0 Å². The van der Waals surface area contributed by atoms with Crippen LogP contribution in [0.1, 0.15) is 13.3 Å². The minimum absolute atomic E-state index is 0.00950. The number of hydrogen-bond acceptors (Lipinski definition) is 7. The highest BCUT2D eigenvalue weighted by Crippen LogP contribution is 2.32. The fourth-order valence-electron chi connectivity index (χ4n) is 3.17. The number of anilines is 1. The normalized spacial score (nSPS) is 12.5. The Hall–Kier alpha value is -2.78. The number of rotatable bonds is 8. The largest absolute Gasteiger partial charge is 0.486 e. The molecule has 7 nitrogen and oxygen atoms in total. The Morgan fingerprint density at radius 1 is 1.16 bits per heavy atom. The molecule has 0 aliphatic carbocycles. The van der Waals surface area contributed by atoms with Crippen molar-refractivity contribution < 1.29 is 19.1 Å². The van der Waals surface area contributed by atoms with Crippen LogP contribution in [-0.4, -0.2) is 53.8 Å². The van der Waals surface area contributed by atoms with E-state index in [-0.39, 0.29) is 18.4 Å². The number of para-hydroxylation sites is 1. The summed E-state index contributed by atoms with van der Waals surface area (Å²) in [6.45, 7) is 3.35. The summed E-state index contributed by atoms with van der Waals surface area (Å²) in [5.41, 5.74) is 1.59. The van der Waals surface area contributed by atoms with Gasteiger partial charge in [-0.1, -0.05) is 23.9 Å². The molecular formula is C22H23N3O4S2. The molecule has 31 heavy (non-hydrogen) atoms. The molecule has 2 aromatic carbocycles. The molecule has 2 amide bonds. The summed E-state index contributed by atoms with van der Waals surface area (Å²) in [4.78, 5) is 31.2. The number of amides is 2. The Morgan fingerprint density at radius 3 is 2.77 bits per heavy atom. The number of ether oxygens (including phenoxy) is 2. The molecule has 0 saturated carbocycles. The van der Waals surface area contributed by atoms with Crippen molar-refractivity contribution in [3.8, 4) is 11.5 Å². The van der Waals surface area contributed by atoms with Gasteiger partial charge in [0.05, 0.1) is 16.8 Å². The Kier molecular flexibility index (Phi) is 6.93. The lowest BCUT2D eigenvalue weighted by Gasteiger charge is -2.21. The van der Waals surface area contributed by atoms with Gasteiger partial charge < -0.3 is 19.7 Å². The van der Waals surface area contributed by atoms with Crippen LogP contribution in [0.15, 0.2) is 46.8 Å². The molecule has 1 N–H and O–H groups in total. The van der Waals surface area contributed by atoms with Crippen LogP contribution in [-0.2, 0) is 9.59 Å². The highest BCUT2D eigenvalue weighted by molar-refractivity contribution is 8.01. The first-order chi connectivity index (χ1) is 15.1. The first kappa shape index (κ1) is 21.5. The molecule has 0 bridgehead atoms. The van der Waals surface area contributed by atoms with Crippen LogP contribution in [0.4, 0.5) is 5.69 Å². The van der Waals surface area contributed by atoms with Crippen LogP contribution in [0.3, 0.4) is 0 Å². The number of fused-ring (bicyclic) bond motifs is 2. The number of thiazole rings is 1. The SMILES string of the molecule is CCN(CC(=O)Nc1ccc2c(c1)OCCO2)C(=O)CCSc1nc2ccccc2s1. The predicted octanol–water partition coefficient (Wildman–Crippen LogP) is 4.04. The Balaban J connectivity index is 1.26. The molecule has 9 heteroatoms. The molecule has 0 radical (unpaired) electrons. The van der Waals surface area contributed by atoms with Crippen LogP contribution in [0.5, 0.6) is 11.5 Å². The third-order valence-electron chi connectivity index (χ3n) is 4.71. The number of aromatic nitrogens is 1. The van der Waals surface area contributed by atoms with Crippen molar-refractivity contribution in [1.82, 2.24) is 9.88 Å². The minimum Gasteiger partial charge on any atom is -0.486 e. The second-order valence-corrected chi connectivity index (χ2v) is 9.23. The standard InChI is InChI=1S/C22H23N3O4S2/c1-2-25(14-20(26)23-15-7-8-17-18(13-15)29-11-10-28-17)21(27)9-12-30-22-24-16-5-3-4-6-19(16)31-22/h3-8,13H,2,9-12,14H2,1H3,(H,23,26). The molecule has 1 aliphatic heterocycles. The number of benzene rings is 2. The molecular weight excluding hydrogens is 434 g/mol. The lowest BCUT2D eigenvalue weighted by Crippen LogP contribution is -2.38. The van der Waals surface area contributed by atoms with Crippen molar-refractivity contribution in [1.29, 1.82) is 0 Å². The van der Waals surface area contributed by atoms with Crippen molar-refractivity contribution >= 4 is 50.8 Å². The highest BCUT2D eigenvalue weighted by atomic mass is 32.2. The fourth-order valence-corrected chi connectivity index (χ4v) is 5.23. The zero-order valence-corrected chi connectivity index (χ0v) is 18.8. The van der Waals surface area contributed by atoms with Crippen molar-refractivity contribution in [2.24, 2.45) is 0 Å². The zero-order chi connectivity index (χ0) is 21.6. The number of nitrogens with one attached hydrogen (secondary N) is 1. The number of carbonyl (C=O) groups excluding carboxylic acids is 2. The molecule has 4 rings (SSSR count). The third-order valence-corrected chi connectivity index (χ3v) is 6.89. The molecule has 1 aliphatic rings. The van der Waals surface area contributed by atoms with Gasteiger partial charge in [-0.05, 0) is 31.2 Å². The maximum atomic E-state index is 12.6. The van der Waals surface area contributed by atoms with E-state index < -0.39 is 0 Å². The summed E-state index contributed by atoms with van der Waals surface area (Å²) in [5.74, 6) is 1.61. The number of nitrogens with zero attached hydrogens (tertiary/aromatic N) is 2. The highest BCUT2D eigenvalue weighted by Gasteiger charge is 2.17. The Morgan fingerprint density at radius 2 is 1.97 bits per heavy atom. The van der Waals surface area contributed by atoms with Gasteiger partial charge in [-0.3, -0.25) is 9.59 Å². The van der Waals surface area contributed by atoms with Gasteiger partial charge in [-0.15, -0.1) is 11.3 Å². The van der Waals surface area contributed by atoms with Gasteiger partial charge in [-0.25, -0.2) is 4.98 Å². The average molecular weight is 458 g/mol. The van der Waals surface area contributed by atoms with Crippen LogP contribution >= 0.6 is 23.1 Å². The van der Waals surface area contributed by atoms with E-state index in [9.17, 15) is 9.59 Å². The van der Waals surface area contributed by atoms with Crippen LogP contribution in [0.25, 0.3) is 10.2 Å². The van der Waals surface area contributed by atoms with E-state index in [2.05, 4.69) is 10.3 Å². The molecule has 2 heterocycles. The lowest BCUT2D eigenvalue weighted by atomic mass is 10.2. The average Bonchev–Trinajstić information content (AvgIpc) is 3.20. The van der Waals surface area contributed by atoms with Crippen molar-refractivity contribution in [3.63, 3.8) is 0 Å². The maximum absolute atomic E-state index is 12.6. The fraction of sp³-hybridized carbons (Fsp3) is 0.318. The van der Waals surface area contributed by atoms with Crippen LogP contribution in [0, 0.1) is 0 Å². The monoisotopic (exact) mass is 457 g/mol. The van der Waals surface area contributed by atoms with Crippen LogP contribution < -0.4 is 14.8 Å². The van der Waals surface area contributed by atoms with Crippen molar-refractivity contribution in [3.05, 3.63) is 42.5 Å². The molecule has 0 unspecified atom stereocenters. The smallest absolute Gasteiger partial charge is 0.243 e. The second-order valence-electron chi connectivity index (χ2n) is 6.86. The zero-order valence-electron chi connectivity index (χ0n) is 17.1. The van der Waals surface area contributed by atoms with Crippen molar-refractivity contribution in [2.75, 3.05) is 37.4 Å². The number of carbonyl (C=O) groups is 2. The van der Waals surface area contributed by atoms with E-state index in [1.165, 1.54) is 0 Å².